The minimum absolute atomic E-state index is 0.211. The van der Waals surface area contributed by atoms with Crippen molar-refractivity contribution in [3.63, 3.8) is 0 Å². The van der Waals surface area contributed by atoms with Crippen LogP contribution in [-0.2, 0) is 6.42 Å². The van der Waals surface area contributed by atoms with Gasteiger partial charge in [0.15, 0.2) is 0 Å². The van der Waals surface area contributed by atoms with Crippen molar-refractivity contribution in [3.05, 3.63) is 63.9 Å². The van der Waals surface area contributed by atoms with Crippen molar-refractivity contribution >= 4 is 21.6 Å². The highest BCUT2D eigenvalue weighted by atomic mass is 79.9. The summed E-state index contributed by atoms with van der Waals surface area (Å²) in [6.07, 6.45) is 0.740. The molecule has 0 atom stereocenters. The van der Waals surface area contributed by atoms with E-state index >= 15 is 0 Å². The first-order valence-electron chi connectivity index (χ1n) is 5.87. The number of benzene rings is 2. The number of nitriles is 1. The number of anilines is 1. The molecule has 0 saturated carbocycles. The van der Waals surface area contributed by atoms with Crippen LogP contribution in [0.15, 0.2) is 46.9 Å². The zero-order valence-electron chi connectivity index (χ0n) is 10.2. The molecule has 0 aromatic heterocycles. The fourth-order valence-corrected chi connectivity index (χ4v) is 2.28. The molecule has 0 aliphatic heterocycles. The fraction of sp³-hybridized carbons (Fsp3) is 0.133. The van der Waals surface area contributed by atoms with E-state index < -0.39 is 0 Å². The van der Waals surface area contributed by atoms with Gasteiger partial charge < -0.3 is 5.32 Å². The highest BCUT2D eigenvalue weighted by molar-refractivity contribution is 9.10. The van der Waals surface area contributed by atoms with E-state index in [1.54, 1.807) is 18.2 Å². The van der Waals surface area contributed by atoms with Gasteiger partial charge in [-0.25, -0.2) is 4.39 Å². The summed E-state index contributed by atoms with van der Waals surface area (Å²) in [6.45, 7) is 0.702. The van der Waals surface area contributed by atoms with Gasteiger partial charge in [0, 0.05) is 16.7 Å². The maximum absolute atomic E-state index is 13.0. The molecule has 0 saturated heterocycles. The van der Waals surface area contributed by atoms with Crippen molar-refractivity contribution in [1.82, 2.24) is 0 Å². The van der Waals surface area contributed by atoms with Crippen LogP contribution in [0.5, 0.6) is 0 Å². The topological polar surface area (TPSA) is 35.8 Å². The van der Waals surface area contributed by atoms with Crippen LogP contribution >= 0.6 is 15.9 Å². The molecule has 0 fully saturated rings. The Bertz CT molecular complexity index is 620. The SMILES string of the molecule is N#Cc1ccc(NCCc2cccc(F)c2)c(Br)c1. The fourth-order valence-electron chi connectivity index (χ4n) is 1.76. The normalized spacial score (nSPS) is 9.95. The van der Waals surface area contributed by atoms with Gasteiger partial charge in [0.05, 0.1) is 11.6 Å². The summed E-state index contributed by atoms with van der Waals surface area (Å²) in [5, 5.41) is 12.0. The lowest BCUT2D eigenvalue weighted by Crippen LogP contribution is -2.05. The number of hydrogen-bond acceptors (Lipinski definition) is 2. The van der Waals surface area contributed by atoms with Crippen LogP contribution in [0, 0.1) is 17.1 Å². The Morgan fingerprint density at radius 2 is 2.05 bits per heavy atom. The van der Waals surface area contributed by atoms with Crippen LogP contribution in [0.1, 0.15) is 11.1 Å². The number of halogens is 2. The molecular weight excluding hydrogens is 307 g/mol. The van der Waals surface area contributed by atoms with Crippen molar-refractivity contribution in [1.29, 1.82) is 5.26 Å². The van der Waals surface area contributed by atoms with Gasteiger partial charge >= 0.3 is 0 Å². The van der Waals surface area contributed by atoms with E-state index in [9.17, 15) is 4.39 Å². The van der Waals surface area contributed by atoms with Gasteiger partial charge in [0.1, 0.15) is 5.82 Å². The van der Waals surface area contributed by atoms with Crippen molar-refractivity contribution in [2.75, 3.05) is 11.9 Å². The summed E-state index contributed by atoms with van der Waals surface area (Å²) < 4.78 is 13.9. The zero-order valence-corrected chi connectivity index (χ0v) is 11.7. The van der Waals surface area contributed by atoms with E-state index in [2.05, 4.69) is 27.3 Å². The van der Waals surface area contributed by atoms with E-state index in [1.165, 1.54) is 12.1 Å². The van der Waals surface area contributed by atoms with Crippen LogP contribution in [-0.4, -0.2) is 6.54 Å². The van der Waals surface area contributed by atoms with Crippen molar-refractivity contribution in [2.45, 2.75) is 6.42 Å². The zero-order chi connectivity index (χ0) is 13.7. The molecule has 1 N–H and O–H groups in total. The molecule has 0 radical (unpaired) electrons. The first kappa shape index (κ1) is 13.6. The second-order valence-electron chi connectivity index (χ2n) is 4.11. The molecule has 0 amide bonds. The summed E-state index contributed by atoms with van der Waals surface area (Å²) in [7, 11) is 0. The Hall–Kier alpha value is -1.86. The molecular formula is C15H12BrFN2. The van der Waals surface area contributed by atoms with Crippen LogP contribution in [0.3, 0.4) is 0 Å². The minimum atomic E-state index is -0.211. The number of nitrogens with one attached hydrogen (secondary N) is 1. The van der Waals surface area contributed by atoms with Crippen LogP contribution in [0.2, 0.25) is 0 Å². The van der Waals surface area contributed by atoms with Crippen LogP contribution in [0.4, 0.5) is 10.1 Å². The summed E-state index contributed by atoms with van der Waals surface area (Å²) in [4.78, 5) is 0. The quantitative estimate of drug-likeness (QED) is 0.920. The standard InChI is InChI=1S/C15H12BrFN2/c16-14-9-12(10-18)4-5-15(14)19-7-6-11-2-1-3-13(17)8-11/h1-5,8-9,19H,6-7H2. The summed E-state index contributed by atoms with van der Waals surface area (Å²) in [5.74, 6) is -0.211. The molecule has 0 bridgehead atoms. The third-order valence-electron chi connectivity index (χ3n) is 2.72. The summed E-state index contributed by atoms with van der Waals surface area (Å²) in [6, 6.07) is 14.1. The molecule has 0 heterocycles. The van der Waals surface area contributed by atoms with E-state index in [0.717, 1.165) is 22.1 Å². The first-order valence-corrected chi connectivity index (χ1v) is 6.66. The van der Waals surface area contributed by atoms with Gasteiger partial charge in [-0.3, -0.25) is 0 Å². The lowest BCUT2D eigenvalue weighted by molar-refractivity contribution is 0.625. The Labute approximate surface area is 120 Å². The van der Waals surface area contributed by atoms with Gasteiger partial charge in [-0.2, -0.15) is 5.26 Å². The average molecular weight is 319 g/mol. The Kier molecular flexibility index (Phi) is 4.53. The third kappa shape index (κ3) is 3.80. The average Bonchev–Trinajstić information content (AvgIpc) is 2.40. The second-order valence-corrected chi connectivity index (χ2v) is 4.97. The molecule has 0 aliphatic carbocycles. The Morgan fingerprint density at radius 3 is 2.74 bits per heavy atom. The van der Waals surface area contributed by atoms with Crippen LogP contribution < -0.4 is 5.32 Å². The molecule has 19 heavy (non-hydrogen) atoms. The van der Waals surface area contributed by atoms with Crippen molar-refractivity contribution < 1.29 is 4.39 Å². The molecule has 4 heteroatoms. The van der Waals surface area contributed by atoms with Gasteiger partial charge in [-0.15, -0.1) is 0 Å². The molecule has 96 valence electrons. The maximum atomic E-state index is 13.0. The predicted octanol–water partition coefficient (Wildman–Crippen LogP) is 4.11. The van der Waals surface area contributed by atoms with E-state index in [4.69, 9.17) is 5.26 Å². The van der Waals surface area contributed by atoms with Gasteiger partial charge in [-0.05, 0) is 58.2 Å². The Balaban J connectivity index is 1.94. The predicted molar refractivity (Wildman–Crippen MR) is 77.5 cm³/mol. The minimum Gasteiger partial charge on any atom is -0.384 e. The number of nitrogens with zero attached hydrogens (tertiary/aromatic N) is 1. The third-order valence-corrected chi connectivity index (χ3v) is 3.37. The van der Waals surface area contributed by atoms with Crippen molar-refractivity contribution in [3.8, 4) is 6.07 Å². The highest BCUT2D eigenvalue weighted by Gasteiger charge is 2.01. The van der Waals surface area contributed by atoms with Crippen molar-refractivity contribution in [2.24, 2.45) is 0 Å². The molecule has 2 aromatic carbocycles. The summed E-state index contributed by atoms with van der Waals surface area (Å²) >= 11 is 3.41. The Morgan fingerprint density at radius 1 is 1.21 bits per heavy atom. The maximum Gasteiger partial charge on any atom is 0.123 e. The van der Waals surface area contributed by atoms with E-state index in [-0.39, 0.29) is 5.82 Å². The van der Waals surface area contributed by atoms with Gasteiger partial charge in [0.2, 0.25) is 0 Å². The lowest BCUT2D eigenvalue weighted by atomic mass is 10.1. The smallest absolute Gasteiger partial charge is 0.123 e. The highest BCUT2D eigenvalue weighted by Crippen LogP contribution is 2.23. The lowest BCUT2D eigenvalue weighted by Gasteiger charge is -2.08. The largest absolute Gasteiger partial charge is 0.384 e. The molecule has 0 spiro atoms. The van der Waals surface area contributed by atoms with Gasteiger partial charge in [0.25, 0.3) is 0 Å². The molecule has 2 nitrogen and oxygen atoms in total. The molecule has 0 aliphatic rings. The number of hydrogen-bond donors (Lipinski definition) is 1. The molecule has 2 aromatic rings. The monoisotopic (exact) mass is 318 g/mol. The molecule has 0 unspecified atom stereocenters. The second kappa shape index (κ2) is 6.35. The molecule has 2 rings (SSSR count). The van der Waals surface area contributed by atoms with Crippen LogP contribution in [0.25, 0.3) is 0 Å². The van der Waals surface area contributed by atoms with Gasteiger partial charge in [-0.1, -0.05) is 12.1 Å². The van der Waals surface area contributed by atoms with E-state index in [1.807, 2.05) is 12.1 Å². The van der Waals surface area contributed by atoms with E-state index in [0.29, 0.717) is 12.1 Å². The number of rotatable bonds is 4. The summed E-state index contributed by atoms with van der Waals surface area (Å²) in [5.41, 5.74) is 2.50. The first-order chi connectivity index (χ1) is 9.19.